The molecule has 0 bridgehead atoms. The molecular weight excluding hydrogens is 605 g/mol. The summed E-state index contributed by atoms with van der Waals surface area (Å²) in [5, 5.41) is 8.94. The maximum absolute atomic E-state index is 5.17. The Morgan fingerprint density at radius 1 is 0.520 bits per heavy atom. The quantitative estimate of drug-likeness (QED) is 0.176. The SMILES string of the molecule is c1ccc(CC2Cc3c(ccc4c3c(-c3ccc5c(c3)c3ccccc3n3c6ccccc6nc53)cc3ccccc34)-c3ccccc32)cc1. The van der Waals surface area contributed by atoms with E-state index in [1.807, 2.05) is 0 Å². The highest BCUT2D eigenvalue weighted by molar-refractivity contribution is 6.19. The Morgan fingerprint density at radius 3 is 2.18 bits per heavy atom. The van der Waals surface area contributed by atoms with E-state index in [1.54, 1.807) is 0 Å². The number of rotatable bonds is 3. The normalized spacial score (nSPS) is 14.2. The molecule has 234 valence electrons. The third-order valence-corrected chi connectivity index (χ3v) is 11.2. The van der Waals surface area contributed by atoms with Gasteiger partial charge in [-0.2, -0.15) is 0 Å². The van der Waals surface area contributed by atoms with Gasteiger partial charge < -0.3 is 0 Å². The van der Waals surface area contributed by atoms with E-state index in [0.717, 1.165) is 29.5 Å². The molecular formula is C48H32N2. The Balaban J connectivity index is 1.21. The lowest BCUT2D eigenvalue weighted by Gasteiger charge is -2.30. The molecule has 0 N–H and O–H groups in total. The molecule has 0 saturated carbocycles. The van der Waals surface area contributed by atoms with E-state index < -0.39 is 0 Å². The van der Waals surface area contributed by atoms with Gasteiger partial charge in [0.05, 0.1) is 16.6 Å². The topological polar surface area (TPSA) is 17.3 Å². The van der Waals surface area contributed by atoms with E-state index in [2.05, 4.69) is 168 Å². The van der Waals surface area contributed by atoms with Gasteiger partial charge in [0.1, 0.15) is 5.65 Å². The summed E-state index contributed by atoms with van der Waals surface area (Å²) >= 11 is 0. The van der Waals surface area contributed by atoms with Gasteiger partial charge in [-0.05, 0) is 121 Å². The number of nitrogens with zero attached hydrogens (tertiary/aromatic N) is 2. The van der Waals surface area contributed by atoms with Gasteiger partial charge in [-0.3, -0.25) is 4.40 Å². The molecule has 0 aliphatic heterocycles. The second-order valence-corrected chi connectivity index (χ2v) is 13.9. The smallest absolute Gasteiger partial charge is 0.146 e. The number of benzene rings is 8. The van der Waals surface area contributed by atoms with Crippen LogP contribution >= 0.6 is 0 Å². The number of hydrogen-bond donors (Lipinski definition) is 0. The van der Waals surface area contributed by atoms with Crippen molar-refractivity contribution >= 4 is 59.9 Å². The maximum atomic E-state index is 5.17. The summed E-state index contributed by atoms with van der Waals surface area (Å²) in [4.78, 5) is 5.17. The maximum Gasteiger partial charge on any atom is 0.146 e. The highest BCUT2D eigenvalue weighted by Gasteiger charge is 2.28. The largest absolute Gasteiger partial charge is 0.292 e. The van der Waals surface area contributed by atoms with Gasteiger partial charge in [0.2, 0.25) is 0 Å². The molecule has 2 aromatic heterocycles. The molecule has 2 heterocycles. The molecule has 0 amide bonds. The molecule has 1 aliphatic rings. The first kappa shape index (κ1) is 27.7. The molecule has 0 fully saturated rings. The van der Waals surface area contributed by atoms with Gasteiger partial charge in [-0.1, -0.05) is 127 Å². The first-order chi connectivity index (χ1) is 24.8. The number of hydrogen-bond acceptors (Lipinski definition) is 1. The standard InChI is InChI=1S/C48H32N2/c1-2-12-30(13-3-1)26-33-29-43-37(36-17-7-6-16-35(33)36)24-25-39-34-15-5-4-14-31(34)27-41(47(39)43)32-22-23-40-42(28-32)38-18-8-10-20-45(38)50-46-21-11-9-19-44(46)49-48(40)50/h1-25,27-28,33H,26,29H2. The number of para-hydroxylation sites is 3. The van der Waals surface area contributed by atoms with Crippen molar-refractivity contribution in [1.82, 2.24) is 9.38 Å². The minimum atomic E-state index is 0.398. The summed E-state index contributed by atoms with van der Waals surface area (Å²) in [5.74, 6) is 0.398. The van der Waals surface area contributed by atoms with Crippen LogP contribution in [0.1, 0.15) is 22.6 Å². The van der Waals surface area contributed by atoms with Crippen molar-refractivity contribution in [3.8, 4) is 22.3 Å². The minimum absolute atomic E-state index is 0.398. The van der Waals surface area contributed by atoms with Crippen molar-refractivity contribution in [1.29, 1.82) is 0 Å². The third-order valence-electron chi connectivity index (χ3n) is 11.2. The summed E-state index contributed by atoms with van der Waals surface area (Å²) in [7, 11) is 0. The average molecular weight is 637 g/mol. The fourth-order valence-electron chi connectivity index (χ4n) is 8.98. The van der Waals surface area contributed by atoms with Crippen molar-refractivity contribution in [2.24, 2.45) is 0 Å². The molecule has 0 saturated heterocycles. The number of aromatic nitrogens is 2. The summed E-state index contributed by atoms with van der Waals surface area (Å²) in [6.07, 6.45) is 2.02. The van der Waals surface area contributed by atoms with E-state index in [9.17, 15) is 0 Å². The zero-order valence-electron chi connectivity index (χ0n) is 27.5. The predicted molar refractivity (Wildman–Crippen MR) is 210 cm³/mol. The van der Waals surface area contributed by atoms with Gasteiger partial charge >= 0.3 is 0 Å². The molecule has 8 aromatic carbocycles. The van der Waals surface area contributed by atoms with Crippen LogP contribution in [0.2, 0.25) is 0 Å². The molecule has 10 aromatic rings. The van der Waals surface area contributed by atoms with Gasteiger partial charge in [0.25, 0.3) is 0 Å². The van der Waals surface area contributed by atoms with Gasteiger partial charge in [0.15, 0.2) is 0 Å². The predicted octanol–water partition coefficient (Wildman–Crippen LogP) is 12.3. The Kier molecular flexibility index (Phi) is 5.88. The molecule has 2 nitrogen and oxygen atoms in total. The summed E-state index contributed by atoms with van der Waals surface area (Å²) in [6.45, 7) is 0. The lowest BCUT2D eigenvalue weighted by atomic mass is 9.73. The van der Waals surface area contributed by atoms with Crippen LogP contribution in [0, 0.1) is 0 Å². The van der Waals surface area contributed by atoms with Crippen molar-refractivity contribution in [3.63, 3.8) is 0 Å². The van der Waals surface area contributed by atoms with Crippen LogP contribution in [-0.2, 0) is 12.8 Å². The first-order valence-corrected chi connectivity index (χ1v) is 17.6. The van der Waals surface area contributed by atoms with Crippen molar-refractivity contribution in [2.75, 3.05) is 0 Å². The molecule has 1 aliphatic carbocycles. The second kappa shape index (κ2) is 10.6. The van der Waals surface area contributed by atoms with Gasteiger partial charge in [-0.25, -0.2) is 4.98 Å². The monoisotopic (exact) mass is 636 g/mol. The van der Waals surface area contributed by atoms with E-state index in [1.165, 1.54) is 82.2 Å². The first-order valence-electron chi connectivity index (χ1n) is 17.6. The number of imidazole rings is 1. The molecule has 2 heteroatoms. The van der Waals surface area contributed by atoms with Crippen molar-refractivity contribution in [2.45, 2.75) is 18.8 Å². The van der Waals surface area contributed by atoms with Crippen LogP contribution in [-0.4, -0.2) is 9.38 Å². The van der Waals surface area contributed by atoms with Crippen LogP contribution in [0.5, 0.6) is 0 Å². The molecule has 0 spiro atoms. The van der Waals surface area contributed by atoms with Gasteiger partial charge in [-0.15, -0.1) is 0 Å². The number of pyridine rings is 1. The van der Waals surface area contributed by atoms with Crippen LogP contribution in [0.3, 0.4) is 0 Å². The van der Waals surface area contributed by atoms with Crippen LogP contribution in [0.25, 0.3) is 82.2 Å². The lowest BCUT2D eigenvalue weighted by Crippen LogP contribution is -2.14. The zero-order valence-corrected chi connectivity index (χ0v) is 27.5. The Hall–Kier alpha value is -6.25. The molecule has 0 radical (unpaired) electrons. The van der Waals surface area contributed by atoms with E-state index in [0.29, 0.717) is 5.92 Å². The molecule has 1 atom stereocenters. The van der Waals surface area contributed by atoms with Crippen LogP contribution in [0.15, 0.2) is 164 Å². The summed E-state index contributed by atoms with van der Waals surface area (Å²) in [5.41, 5.74) is 13.9. The average Bonchev–Trinajstić information content (AvgIpc) is 3.58. The molecule has 50 heavy (non-hydrogen) atoms. The van der Waals surface area contributed by atoms with Crippen LogP contribution < -0.4 is 0 Å². The Morgan fingerprint density at radius 2 is 1.26 bits per heavy atom. The van der Waals surface area contributed by atoms with E-state index >= 15 is 0 Å². The highest BCUT2D eigenvalue weighted by Crippen LogP contribution is 2.48. The summed E-state index contributed by atoms with van der Waals surface area (Å²) < 4.78 is 2.33. The van der Waals surface area contributed by atoms with E-state index in [4.69, 9.17) is 4.98 Å². The van der Waals surface area contributed by atoms with Crippen molar-refractivity contribution in [3.05, 3.63) is 180 Å². The van der Waals surface area contributed by atoms with E-state index in [-0.39, 0.29) is 0 Å². The third kappa shape index (κ3) is 3.99. The van der Waals surface area contributed by atoms with Gasteiger partial charge in [0, 0.05) is 10.8 Å². The Bertz CT molecular complexity index is 2990. The lowest BCUT2D eigenvalue weighted by molar-refractivity contribution is 0.676. The summed E-state index contributed by atoms with van der Waals surface area (Å²) in [6, 6.07) is 60.5. The zero-order chi connectivity index (χ0) is 32.8. The number of fused-ring (bicyclic) bond motifs is 15. The van der Waals surface area contributed by atoms with Crippen LogP contribution in [0.4, 0.5) is 0 Å². The minimum Gasteiger partial charge on any atom is -0.292 e. The van der Waals surface area contributed by atoms with Crippen molar-refractivity contribution < 1.29 is 0 Å². The Labute approximate surface area is 289 Å². The molecule has 1 unspecified atom stereocenters. The fraction of sp³-hybridized carbons (Fsp3) is 0.0625. The molecule has 11 rings (SSSR count). The fourth-order valence-corrected chi connectivity index (χ4v) is 8.98. The second-order valence-electron chi connectivity index (χ2n) is 13.9. The highest BCUT2D eigenvalue weighted by atomic mass is 15.0.